The predicted octanol–water partition coefficient (Wildman–Crippen LogP) is -0.675. The third-order valence-corrected chi connectivity index (χ3v) is 2.01. The second kappa shape index (κ2) is 4.49. The number of amides is 1. The van der Waals surface area contributed by atoms with Crippen LogP contribution in [0.25, 0.3) is 0 Å². The van der Waals surface area contributed by atoms with E-state index in [0.29, 0.717) is 12.1 Å². The SMILES string of the molecule is NNC(=O)c1ccc(Cn2ccnn2)nc1. The molecule has 2 rings (SSSR count). The van der Waals surface area contributed by atoms with Gasteiger partial charge in [0.25, 0.3) is 5.91 Å². The molecule has 1 amide bonds. The molecule has 0 aliphatic rings. The van der Waals surface area contributed by atoms with Gasteiger partial charge in [0, 0.05) is 12.4 Å². The molecule has 0 atom stereocenters. The lowest BCUT2D eigenvalue weighted by Crippen LogP contribution is -2.30. The highest BCUT2D eigenvalue weighted by Gasteiger charge is 2.04. The van der Waals surface area contributed by atoms with E-state index in [4.69, 9.17) is 5.84 Å². The number of pyridine rings is 1. The van der Waals surface area contributed by atoms with Gasteiger partial charge >= 0.3 is 0 Å². The Morgan fingerprint density at radius 2 is 2.38 bits per heavy atom. The number of nitrogens with two attached hydrogens (primary N) is 1. The molecule has 0 aliphatic carbocycles. The first-order chi connectivity index (χ1) is 7.79. The average molecular weight is 218 g/mol. The third-order valence-electron chi connectivity index (χ3n) is 2.01. The zero-order valence-electron chi connectivity index (χ0n) is 8.37. The zero-order valence-corrected chi connectivity index (χ0v) is 8.37. The number of hydrazine groups is 1. The Morgan fingerprint density at radius 1 is 1.50 bits per heavy atom. The highest BCUT2D eigenvalue weighted by atomic mass is 16.2. The topological polar surface area (TPSA) is 98.7 Å². The van der Waals surface area contributed by atoms with Crippen LogP contribution in [0.4, 0.5) is 0 Å². The Balaban J connectivity index is 2.10. The molecule has 7 nitrogen and oxygen atoms in total. The Kier molecular flexibility index (Phi) is 2.88. The number of nitrogens with one attached hydrogen (secondary N) is 1. The molecule has 7 heteroatoms. The molecule has 2 aromatic rings. The second-order valence-electron chi connectivity index (χ2n) is 3.11. The number of rotatable bonds is 3. The van der Waals surface area contributed by atoms with Crippen molar-refractivity contribution < 1.29 is 4.79 Å². The van der Waals surface area contributed by atoms with Crippen molar-refractivity contribution in [3.05, 3.63) is 42.0 Å². The number of carbonyl (C=O) groups is 1. The monoisotopic (exact) mass is 218 g/mol. The fraction of sp³-hybridized carbons (Fsp3) is 0.111. The standard InChI is InChI=1S/C9H10N6O/c10-13-9(16)7-1-2-8(11-5-7)6-15-4-3-12-14-15/h1-5H,6,10H2,(H,13,16). The molecule has 2 heterocycles. The first-order valence-corrected chi connectivity index (χ1v) is 4.59. The van der Waals surface area contributed by atoms with E-state index in [2.05, 4.69) is 15.3 Å². The van der Waals surface area contributed by atoms with Crippen LogP contribution in [0.5, 0.6) is 0 Å². The first kappa shape index (κ1) is 10.2. The van der Waals surface area contributed by atoms with Crippen LogP contribution < -0.4 is 11.3 Å². The van der Waals surface area contributed by atoms with E-state index in [0.717, 1.165) is 5.69 Å². The van der Waals surface area contributed by atoms with Gasteiger partial charge in [0.05, 0.1) is 24.0 Å². The molecule has 16 heavy (non-hydrogen) atoms. The van der Waals surface area contributed by atoms with E-state index in [1.807, 2.05) is 5.43 Å². The fourth-order valence-corrected chi connectivity index (χ4v) is 1.22. The summed E-state index contributed by atoms with van der Waals surface area (Å²) < 4.78 is 1.64. The fourth-order valence-electron chi connectivity index (χ4n) is 1.22. The quantitative estimate of drug-likeness (QED) is 0.404. The van der Waals surface area contributed by atoms with Crippen molar-refractivity contribution >= 4 is 5.91 Å². The van der Waals surface area contributed by atoms with Crippen LogP contribution in [-0.4, -0.2) is 25.9 Å². The molecule has 0 spiro atoms. The maximum Gasteiger partial charge on any atom is 0.266 e. The van der Waals surface area contributed by atoms with Crippen LogP contribution in [0.1, 0.15) is 16.1 Å². The molecule has 0 saturated carbocycles. The average Bonchev–Trinajstić information content (AvgIpc) is 2.82. The van der Waals surface area contributed by atoms with Gasteiger partial charge < -0.3 is 0 Å². The lowest BCUT2D eigenvalue weighted by atomic mass is 10.2. The molecule has 0 unspecified atom stereocenters. The summed E-state index contributed by atoms with van der Waals surface area (Å²) in [6, 6.07) is 3.40. The lowest BCUT2D eigenvalue weighted by molar-refractivity contribution is 0.0953. The van der Waals surface area contributed by atoms with Gasteiger partial charge in [-0.2, -0.15) is 0 Å². The summed E-state index contributed by atoms with van der Waals surface area (Å²) in [6.45, 7) is 0.518. The van der Waals surface area contributed by atoms with Crippen molar-refractivity contribution in [2.24, 2.45) is 5.84 Å². The number of hydrogen-bond acceptors (Lipinski definition) is 5. The molecule has 0 aliphatic heterocycles. The van der Waals surface area contributed by atoms with E-state index in [1.54, 1.807) is 29.2 Å². The van der Waals surface area contributed by atoms with Gasteiger partial charge in [-0.05, 0) is 12.1 Å². The summed E-state index contributed by atoms with van der Waals surface area (Å²) in [4.78, 5) is 15.3. The second-order valence-corrected chi connectivity index (χ2v) is 3.11. The smallest absolute Gasteiger partial charge is 0.266 e. The Bertz CT molecular complexity index is 463. The Morgan fingerprint density at radius 3 is 2.94 bits per heavy atom. The minimum absolute atomic E-state index is 0.361. The highest BCUT2D eigenvalue weighted by Crippen LogP contribution is 2.01. The van der Waals surface area contributed by atoms with Gasteiger partial charge in [0.15, 0.2) is 0 Å². The van der Waals surface area contributed by atoms with Crippen LogP contribution in [-0.2, 0) is 6.54 Å². The van der Waals surface area contributed by atoms with Crippen LogP contribution in [0.2, 0.25) is 0 Å². The third kappa shape index (κ3) is 2.20. The molecule has 0 radical (unpaired) electrons. The predicted molar refractivity (Wildman–Crippen MR) is 55.0 cm³/mol. The summed E-state index contributed by atoms with van der Waals surface area (Å²) in [5.41, 5.74) is 3.25. The van der Waals surface area contributed by atoms with Crippen molar-refractivity contribution in [3.63, 3.8) is 0 Å². The maximum absolute atomic E-state index is 11.1. The number of aromatic nitrogens is 4. The van der Waals surface area contributed by atoms with Crippen LogP contribution in [0.15, 0.2) is 30.7 Å². The molecule has 2 aromatic heterocycles. The summed E-state index contributed by atoms with van der Waals surface area (Å²) in [5, 5.41) is 7.49. The van der Waals surface area contributed by atoms with Crippen molar-refractivity contribution in [2.75, 3.05) is 0 Å². The summed E-state index contributed by atoms with van der Waals surface area (Å²) in [6.07, 6.45) is 4.80. The first-order valence-electron chi connectivity index (χ1n) is 4.59. The molecule has 0 saturated heterocycles. The van der Waals surface area contributed by atoms with Gasteiger partial charge in [-0.3, -0.25) is 15.2 Å². The van der Waals surface area contributed by atoms with Crippen LogP contribution in [0, 0.1) is 0 Å². The molecule has 82 valence electrons. The van der Waals surface area contributed by atoms with Crippen LogP contribution >= 0.6 is 0 Å². The van der Waals surface area contributed by atoms with Crippen LogP contribution in [0.3, 0.4) is 0 Å². The largest absolute Gasteiger partial charge is 0.290 e. The highest BCUT2D eigenvalue weighted by molar-refractivity contribution is 5.93. The van der Waals surface area contributed by atoms with E-state index < -0.39 is 0 Å². The van der Waals surface area contributed by atoms with Gasteiger partial charge in [0.2, 0.25) is 0 Å². The molecular weight excluding hydrogens is 208 g/mol. The normalized spacial score (nSPS) is 10.1. The number of nitrogen functional groups attached to an aromatic ring is 1. The van der Waals surface area contributed by atoms with Gasteiger partial charge in [-0.25, -0.2) is 10.5 Å². The molecule has 0 aromatic carbocycles. The lowest BCUT2D eigenvalue weighted by Gasteiger charge is -2.02. The van der Waals surface area contributed by atoms with Crippen molar-refractivity contribution in [1.29, 1.82) is 0 Å². The number of hydrogen-bond donors (Lipinski definition) is 2. The Labute approximate surface area is 91.3 Å². The summed E-state index contributed by atoms with van der Waals surface area (Å²) >= 11 is 0. The molecule has 0 bridgehead atoms. The number of nitrogens with zero attached hydrogens (tertiary/aromatic N) is 4. The van der Waals surface area contributed by atoms with Crippen molar-refractivity contribution in [2.45, 2.75) is 6.54 Å². The summed E-state index contributed by atoms with van der Waals surface area (Å²) in [5.74, 6) is 4.64. The zero-order chi connectivity index (χ0) is 11.4. The van der Waals surface area contributed by atoms with E-state index >= 15 is 0 Å². The van der Waals surface area contributed by atoms with E-state index in [-0.39, 0.29) is 5.91 Å². The van der Waals surface area contributed by atoms with Crippen molar-refractivity contribution in [1.82, 2.24) is 25.4 Å². The number of carbonyl (C=O) groups excluding carboxylic acids is 1. The van der Waals surface area contributed by atoms with E-state index in [1.165, 1.54) is 6.20 Å². The maximum atomic E-state index is 11.1. The van der Waals surface area contributed by atoms with Gasteiger partial charge in [-0.1, -0.05) is 5.21 Å². The van der Waals surface area contributed by atoms with Gasteiger partial charge in [0.1, 0.15) is 0 Å². The summed E-state index contributed by atoms with van der Waals surface area (Å²) in [7, 11) is 0. The molecule has 3 N–H and O–H groups in total. The Hall–Kier alpha value is -2.28. The van der Waals surface area contributed by atoms with E-state index in [9.17, 15) is 4.79 Å². The molecule has 0 fully saturated rings. The van der Waals surface area contributed by atoms with Gasteiger partial charge in [-0.15, -0.1) is 5.10 Å². The minimum atomic E-state index is -0.361. The molecular formula is C9H10N6O. The minimum Gasteiger partial charge on any atom is -0.290 e. The van der Waals surface area contributed by atoms with Crippen molar-refractivity contribution in [3.8, 4) is 0 Å².